The third-order valence-corrected chi connectivity index (χ3v) is 2.66. The Morgan fingerprint density at radius 1 is 1.47 bits per heavy atom. The van der Waals surface area contributed by atoms with Gasteiger partial charge in [-0.05, 0) is 12.1 Å². The molecule has 0 spiro atoms. The first-order valence-electron chi connectivity index (χ1n) is 5.49. The van der Waals surface area contributed by atoms with Gasteiger partial charge in [-0.25, -0.2) is 4.98 Å². The lowest BCUT2D eigenvalue weighted by Gasteiger charge is -2.19. The quantitative estimate of drug-likeness (QED) is 0.324. The van der Waals surface area contributed by atoms with Gasteiger partial charge in [-0.3, -0.25) is 4.79 Å². The first-order chi connectivity index (χ1) is 9.15. The number of hydrogen-bond acceptors (Lipinski definition) is 5. The van der Waals surface area contributed by atoms with Crippen molar-refractivity contribution < 1.29 is 5.21 Å². The Hall–Kier alpha value is -2.83. The van der Waals surface area contributed by atoms with Gasteiger partial charge in [0.05, 0.1) is 5.69 Å². The molecule has 0 aliphatic carbocycles. The second-order valence-electron chi connectivity index (χ2n) is 3.80. The minimum atomic E-state index is -0.320. The number of para-hydroxylation sites is 1. The SMILES string of the molecule is CN(c1ccccc1/C(N)=N/O)c1ncc[nH]c1=O. The number of nitrogens with zero attached hydrogens (tertiary/aromatic N) is 3. The Labute approximate surface area is 109 Å². The van der Waals surface area contributed by atoms with Crippen LogP contribution in [-0.2, 0) is 0 Å². The van der Waals surface area contributed by atoms with E-state index in [0.717, 1.165) is 0 Å². The van der Waals surface area contributed by atoms with Crippen molar-refractivity contribution in [3.05, 3.63) is 52.6 Å². The monoisotopic (exact) mass is 259 g/mol. The molecule has 1 heterocycles. The van der Waals surface area contributed by atoms with Gasteiger partial charge in [0.15, 0.2) is 11.7 Å². The first-order valence-corrected chi connectivity index (χ1v) is 5.49. The molecule has 19 heavy (non-hydrogen) atoms. The summed E-state index contributed by atoms with van der Waals surface area (Å²) in [6, 6.07) is 6.99. The molecule has 0 saturated carbocycles. The molecule has 0 radical (unpaired) electrons. The summed E-state index contributed by atoms with van der Waals surface area (Å²) in [6.45, 7) is 0. The summed E-state index contributed by atoms with van der Waals surface area (Å²) in [4.78, 5) is 19.9. The number of aromatic amines is 1. The van der Waals surface area contributed by atoms with Crippen molar-refractivity contribution in [3.63, 3.8) is 0 Å². The fourth-order valence-corrected chi connectivity index (χ4v) is 1.73. The van der Waals surface area contributed by atoms with E-state index in [0.29, 0.717) is 11.3 Å². The molecule has 1 aromatic heterocycles. The molecule has 0 unspecified atom stereocenters. The number of amidine groups is 1. The van der Waals surface area contributed by atoms with Gasteiger partial charge < -0.3 is 20.8 Å². The minimum Gasteiger partial charge on any atom is -0.409 e. The molecule has 7 nitrogen and oxygen atoms in total. The Morgan fingerprint density at radius 3 is 2.89 bits per heavy atom. The Kier molecular flexibility index (Phi) is 3.46. The van der Waals surface area contributed by atoms with Crippen molar-refractivity contribution in [1.82, 2.24) is 9.97 Å². The minimum absolute atomic E-state index is 0.0326. The smallest absolute Gasteiger partial charge is 0.291 e. The fraction of sp³-hybridized carbons (Fsp3) is 0.0833. The van der Waals surface area contributed by atoms with Crippen LogP contribution in [0.5, 0.6) is 0 Å². The van der Waals surface area contributed by atoms with Crippen LogP contribution in [0.3, 0.4) is 0 Å². The summed E-state index contributed by atoms with van der Waals surface area (Å²) in [6.07, 6.45) is 2.94. The maximum absolute atomic E-state index is 11.7. The molecule has 98 valence electrons. The highest BCUT2D eigenvalue weighted by atomic mass is 16.4. The van der Waals surface area contributed by atoms with Crippen molar-refractivity contribution >= 4 is 17.3 Å². The van der Waals surface area contributed by atoms with E-state index >= 15 is 0 Å². The first kappa shape index (κ1) is 12.6. The number of nitrogens with two attached hydrogens (primary N) is 1. The van der Waals surface area contributed by atoms with E-state index in [9.17, 15) is 4.79 Å². The predicted octanol–water partition coefficient (Wildman–Crippen LogP) is 0.632. The average molecular weight is 259 g/mol. The summed E-state index contributed by atoms with van der Waals surface area (Å²) in [5, 5.41) is 11.8. The third-order valence-electron chi connectivity index (χ3n) is 2.66. The highest BCUT2D eigenvalue weighted by Crippen LogP contribution is 2.23. The second-order valence-corrected chi connectivity index (χ2v) is 3.80. The zero-order valence-electron chi connectivity index (χ0n) is 10.2. The molecule has 4 N–H and O–H groups in total. The molecule has 7 heteroatoms. The van der Waals surface area contributed by atoms with E-state index in [1.807, 2.05) is 0 Å². The van der Waals surface area contributed by atoms with Crippen LogP contribution >= 0.6 is 0 Å². The van der Waals surface area contributed by atoms with Gasteiger partial charge >= 0.3 is 0 Å². The summed E-state index contributed by atoms with van der Waals surface area (Å²) < 4.78 is 0. The van der Waals surface area contributed by atoms with E-state index in [4.69, 9.17) is 10.9 Å². The molecule has 0 bridgehead atoms. The van der Waals surface area contributed by atoms with Crippen LogP contribution in [0.2, 0.25) is 0 Å². The molecule has 0 atom stereocenters. The number of H-pyrrole nitrogens is 1. The number of rotatable bonds is 3. The maximum atomic E-state index is 11.7. The number of benzene rings is 1. The van der Waals surface area contributed by atoms with Gasteiger partial charge in [-0.15, -0.1) is 0 Å². The molecule has 1 aromatic carbocycles. The van der Waals surface area contributed by atoms with Crippen LogP contribution < -0.4 is 16.2 Å². The molecular weight excluding hydrogens is 246 g/mol. The normalized spacial score (nSPS) is 11.3. The van der Waals surface area contributed by atoms with Gasteiger partial charge in [0, 0.05) is 25.0 Å². The van der Waals surface area contributed by atoms with Crippen molar-refractivity contribution in [2.24, 2.45) is 10.9 Å². The standard InChI is InChI=1S/C12H13N5O2/c1-17(11-12(18)15-7-6-14-11)9-5-3-2-4-8(9)10(13)16-19/h2-7,19H,1H3,(H2,13,16)(H,15,18). The van der Waals surface area contributed by atoms with E-state index < -0.39 is 0 Å². The van der Waals surface area contributed by atoms with Gasteiger partial charge in [0.2, 0.25) is 0 Å². The number of nitrogens with one attached hydrogen (secondary N) is 1. The van der Waals surface area contributed by atoms with Crippen LogP contribution in [0.15, 0.2) is 46.6 Å². The second kappa shape index (κ2) is 5.21. The molecule has 0 aliphatic heterocycles. The van der Waals surface area contributed by atoms with Gasteiger partial charge in [0.25, 0.3) is 5.56 Å². The summed E-state index contributed by atoms with van der Waals surface area (Å²) in [7, 11) is 1.68. The highest BCUT2D eigenvalue weighted by Gasteiger charge is 2.14. The Morgan fingerprint density at radius 2 is 2.21 bits per heavy atom. The van der Waals surface area contributed by atoms with Crippen molar-refractivity contribution in [3.8, 4) is 0 Å². The van der Waals surface area contributed by atoms with E-state index in [2.05, 4.69) is 15.1 Å². The van der Waals surface area contributed by atoms with E-state index in [-0.39, 0.29) is 17.2 Å². The van der Waals surface area contributed by atoms with E-state index in [1.165, 1.54) is 12.4 Å². The molecule has 2 aromatic rings. The Bertz CT molecular complexity index is 665. The van der Waals surface area contributed by atoms with Gasteiger partial charge in [0.1, 0.15) is 0 Å². The van der Waals surface area contributed by atoms with Gasteiger partial charge in [-0.2, -0.15) is 0 Å². The number of anilines is 2. The van der Waals surface area contributed by atoms with Crippen molar-refractivity contribution in [2.75, 3.05) is 11.9 Å². The summed E-state index contributed by atoms with van der Waals surface area (Å²) in [5.74, 6) is 0.190. The fourth-order valence-electron chi connectivity index (χ4n) is 1.73. The zero-order chi connectivity index (χ0) is 13.8. The van der Waals surface area contributed by atoms with Crippen LogP contribution in [0.25, 0.3) is 0 Å². The predicted molar refractivity (Wildman–Crippen MR) is 71.9 cm³/mol. The molecule has 0 fully saturated rings. The maximum Gasteiger partial charge on any atom is 0.291 e. The highest BCUT2D eigenvalue weighted by molar-refractivity contribution is 6.02. The number of oxime groups is 1. The van der Waals surface area contributed by atoms with Crippen molar-refractivity contribution in [2.45, 2.75) is 0 Å². The number of hydrogen-bond donors (Lipinski definition) is 3. The lowest BCUT2D eigenvalue weighted by Crippen LogP contribution is -2.25. The molecular formula is C12H13N5O2. The third kappa shape index (κ3) is 2.39. The zero-order valence-corrected chi connectivity index (χ0v) is 10.2. The topological polar surface area (TPSA) is 108 Å². The summed E-state index contributed by atoms with van der Waals surface area (Å²) >= 11 is 0. The molecule has 0 amide bonds. The van der Waals surface area contributed by atoms with Crippen LogP contribution in [0.1, 0.15) is 5.56 Å². The number of aromatic nitrogens is 2. The largest absolute Gasteiger partial charge is 0.409 e. The van der Waals surface area contributed by atoms with Gasteiger partial charge in [-0.1, -0.05) is 17.3 Å². The van der Waals surface area contributed by atoms with Crippen molar-refractivity contribution in [1.29, 1.82) is 0 Å². The van der Waals surface area contributed by atoms with Crippen LogP contribution in [-0.4, -0.2) is 28.1 Å². The van der Waals surface area contributed by atoms with E-state index in [1.54, 1.807) is 36.2 Å². The average Bonchev–Trinajstić information content (AvgIpc) is 2.46. The molecule has 2 rings (SSSR count). The Balaban J connectivity index is 2.54. The summed E-state index contributed by atoms with van der Waals surface area (Å²) in [5.41, 5.74) is 6.42. The van der Waals surface area contributed by atoms with Crippen LogP contribution in [0.4, 0.5) is 11.5 Å². The molecule has 0 aliphatic rings. The molecule has 0 saturated heterocycles. The lowest BCUT2D eigenvalue weighted by molar-refractivity contribution is 0.318. The lowest BCUT2D eigenvalue weighted by atomic mass is 10.1. The van der Waals surface area contributed by atoms with Crippen LogP contribution in [0, 0.1) is 0 Å².